The maximum atomic E-state index is 11.3. The molecule has 1 atom stereocenters. The Morgan fingerprint density at radius 2 is 1.25 bits per heavy atom. The highest BCUT2D eigenvalue weighted by molar-refractivity contribution is 7.76. The summed E-state index contributed by atoms with van der Waals surface area (Å²) in [6.45, 7) is 0. The van der Waals surface area contributed by atoms with Gasteiger partial charge in [0.2, 0.25) is 0 Å². The number of halogens is 6. The van der Waals surface area contributed by atoms with Gasteiger partial charge in [-0.3, -0.25) is 4.21 Å². The first-order valence-electron chi connectivity index (χ1n) is 2.10. The summed E-state index contributed by atoms with van der Waals surface area (Å²) in [6, 6.07) is 0. The van der Waals surface area contributed by atoms with Crippen LogP contribution in [0.1, 0.15) is 0 Å². The van der Waals surface area contributed by atoms with Crippen LogP contribution in [0.5, 0.6) is 0 Å². The lowest BCUT2D eigenvalue weighted by atomic mass is 11.0. The fraction of sp³-hybridized carbons (Fsp3) is 1.00. The average molecular weight is 216 g/mol. The van der Waals surface area contributed by atoms with E-state index in [2.05, 4.69) is 0 Å². The van der Waals surface area contributed by atoms with E-state index < -0.39 is 28.2 Å². The second-order valence-electron chi connectivity index (χ2n) is 1.45. The van der Waals surface area contributed by atoms with Crippen LogP contribution < -0.4 is 0 Å². The first kappa shape index (κ1) is 11.6. The lowest BCUT2D eigenvalue weighted by molar-refractivity contribution is -0.334. The van der Waals surface area contributed by atoms with Crippen molar-refractivity contribution in [1.82, 2.24) is 4.31 Å². The van der Waals surface area contributed by atoms with Gasteiger partial charge in [-0.15, -0.1) is 0 Å². The fourth-order valence-corrected chi connectivity index (χ4v) is 0.651. The molecule has 0 saturated carbocycles. The SMILES string of the molecule is O=S([O-])N(C(F)(F)F)C(F)(F)F. The summed E-state index contributed by atoms with van der Waals surface area (Å²) in [5.41, 5.74) is 0. The Labute approximate surface area is 64.4 Å². The second kappa shape index (κ2) is 3.18. The van der Waals surface area contributed by atoms with E-state index in [1.54, 1.807) is 0 Å². The van der Waals surface area contributed by atoms with E-state index >= 15 is 0 Å². The van der Waals surface area contributed by atoms with E-state index in [1.165, 1.54) is 0 Å². The first-order chi connectivity index (χ1) is 5.07. The van der Waals surface area contributed by atoms with Gasteiger partial charge < -0.3 is 4.55 Å². The standard InChI is InChI=1S/C2HF6NO2S/c3-1(4,5)9(12(10)11)2(6,7)8/h(H,10,11)/p-1. The molecule has 0 aliphatic rings. The van der Waals surface area contributed by atoms with Crippen LogP contribution in [-0.2, 0) is 11.3 Å². The molecule has 0 aliphatic carbocycles. The van der Waals surface area contributed by atoms with Crippen molar-refractivity contribution in [2.45, 2.75) is 12.6 Å². The molecule has 1 unspecified atom stereocenters. The third-order valence-corrected chi connectivity index (χ3v) is 1.32. The van der Waals surface area contributed by atoms with Gasteiger partial charge in [-0.1, -0.05) is 0 Å². The maximum absolute atomic E-state index is 11.3. The van der Waals surface area contributed by atoms with Crippen molar-refractivity contribution in [3.63, 3.8) is 0 Å². The van der Waals surface area contributed by atoms with Crippen molar-refractivity contribution in [2.24, 2.45) is 0 Å². The summed E-state index contributed by atoms with van der Waals surface area (Å²) in [5, 5.41) is 0. The van der Waals surface area contributed by atoms with Gasteiger partial charge in [0.1, 0.15) is 0 Å². The molecule has 74 valence electrons. The molecule has 0 radical (unpaired) electrons. The van der Waals surface area contributed by atoms with E-state index in [0.29, 0.717) is 0 Å². The lowest BCUT2D eigenvalue weighted by Gasteiger charge is -2.27. The highest BCUT2D eigenvalue weighted by Crippen LogP contribution is 2.33. The van der Waals surface area contributed by atoms with E-state index in [1.807, 2.05) is 0 Å². The number of rotatable bonds is 1. The van der Waals surface area contributed by atoms with E-state index in [-0.39, 0.29) is 0 Å². The molecule has 0 amide bonds. The monoisotopic (exact) mass is 216 g/mol. The number of nitrogens with zero attached hydrogens (tertiary/aromatic N) is 1. The molecule has 0 N–H and O–H groups in total. The van der Waals surface area contributed by atoms with Crippen LogP contribution in [0, 0.1) is 0 Å². The van der Waals surface area contributed by atoms with Crippen LogP contribution >= 0.6 is 0 Å². The van der Waals surface area contributed by atoms with Gasteiger partial charge in [-0.05, 0) is 4.31 Å². The van der Waals surface area contributed by atoms with Crippen LogP contribution in [0.15, 0.2) is 0 Å². The Morgan fingerprint density at radius 3 is 1.25 bits per heavy atom. The maximum Gasteiger partial charge on any atom is 0.477 e. The van der Waals surface area contributed by atoms with Crippen LogP contribution in [0.3, 0.4) is 0 Å². The third kappa shape index (κ3) is 2.95. The molecule has 3 nitrogen and oxygen atoms in total. The van der Waals surface area contributed by atoms with Crippen LogP contribution in [0.25, 0.3) is 0 Å². The Kier molecular flexibility index (Phi) is 3.09. The minimum absolute atomic E-state index is 2.54. The van der Waals surface area contributed by atoms with E-state index in [9.17, 15) is 35.1 Å². The van der Waals surface area contributed by atoms with Crippen molar-refractivity contribution in [3.8, 4) is 0 Å². The molecule has 0 heterocycles. The van der Waals surface area contributed by atoms with Gasteiger partial charge in [0.25, 0.3) is 0 Å². The summed E-state index contributed by atoms with van der Waals surface area (Å²) in [7, 11) is 0. The summed E-state index contributed by atoms with van der Waals surface area (Å²) < 4.78 is 84.1. The Balaban J connectivity index is 4.82. The van der Waals surface area contributed by atoms with Crippen molar-refractivity contribution >= 4 is 11.3 Å². The largest absolute Gasteiger partial charge is 0.759 e. The molecule has 0 fully saturated rings. The fourth-order valence-electron chi connectivity index (χ4n) is 0.313. The molecule has 12 heavy (non-hydrogen) atoms. The van der Waals surface area contributed by atoms with Gasteiger partial charge in [0, 0.05) is 11.3 Å². The van der Waals surface area contributed by atoms with Crippen molar-refractivity contribution in [1.29, 1.82) is 0 Å². The van der Waals surface area contributed by atoms with Crippen molar-refractivity contribution < 1.29 is 35.1 Å². The zero-order valence-electron chi connectivity index (χ0n) is 4.94. The molecule has 0 spiro atoms. The predicted octanol–water partition coefficient (Wildman–Crippen LogP) is 1.12. The van der Waals surface area contributed by atoms with Gasteiger partial charge >= 0.3 is 12.6 Å². The Hall–Kier alpha value is -0.350. The number of hydrogen-bond acceptors (Lipinski definition) is 2. The van der Waals surface area contributed by atoms with E-state index in [0.717, 1.165) is 0 Å². The molecule has 0 aromatic carbocycles. The van der Waals surface area contributed by atoms with E-state index in [4.69, 9.17) is 0 Å². The first-order valence-corrected chi connectivity index (χ1v) is 3.13. The zero-order chi connectivity index (χ0) is 10.2. The second-order valence-corrected chi connectivity index (χ2v) is 2.25. The van der Waals surface area contributed by atoms with Crippen LogP contribution in [-0.4, -0.2) is 25.7 Å². The number of hydrogen-bond donors (Lipinski definition) is 0. The smallest absolute Gasteiger partial charge is 0.477 e. The summed E-state index contributed by atoms with van der Waals surface area (Å²) in [5.74, 6) is 0. The molecule has 0 rings (SSSR count). The van der Waals surface area contributed by atoms with Gasteiger partial charge in [0.15, 0.2) is 0 Å². The van der Waals surface area contributed by atoms with Crippen LogP contribution in [0.4, 0.5) is 26.3 Å². The van der Waals surface area contributed by atoms with Gasteiger partial charge in [-0.2, -0.15) is 26.3 Å². The Bertz CT molecular complexity index is 171. The quantitative estimate of drug-likeness (QED) is 0.374. The highest BCUT2D eigenvalue weighted by Gasteiger charge is 2.55. The molecule has 0 aliphatic heterocycles. The molecule has 10 heteroatoms. The lowest BCUT2D eigenvalue weighted by Crippen LogP contribution is -2.48. The molecule has 0 saturated heterocycles. The molecule has 0 aromatic rings. The average Bonchev–Trinajstić information content (AvgIpc) is 1.49. The van der Waals surface area contributed by atoms with Gasteiger partial charge in [0.05, 0.1) is 0 Å². The highest BCUT2D eigenvalue weighted by atomic mass is 32.2. The summed E-state index contributed by atoms with van der Waals surface area (Å²) >= 11 is -4.41. The number of alkyl halides is 6. The molecule has 0 aromatic heterocycles. The minimum atomic E-state index is -5.98. The Morgan fingerprint density at radius 1 is 1.00 bits per heavy atom. The molecular formula is C2F6NO2S-. The molecular weight excluding hydrogens is 216 g/mol. The summed E-state index contributed by atoms with van der Waals surface area (Å²) in [4.78, 5) is 0. The van der Waals surface area contributed by atoms with Crippen molar-refractivity contribution in [3.05, 3.63) is 0 Å². The summed E-state index contributed by atoms with van der Waals surface area (Å²) in [6.07, 6.45) is -12.0. The van der Waals surface area contributed by atoms with Crippen molar-refractivity contribution in [2.75, 3.05) is 0 Å². The molecule has 0 bridgehead atoms. The topological polar surface area (TPSA) is 43.4 Å². The normalized spacial score (nSPS) is 16.7. The van der Waals surface area contributed by atoms with Gasteiger partial charge in [-0.25, -0.2) is 0 Å². The zero-order valence-corrected chi connectivity index (χ0v) is 5.76. The van der Waals surface area contributed by atoms with Crippen LogP contribution in [0.2, 0.25) is 0 Å². The third-order valence-electron chi connectivity index (χ3n) is 0.610. The predicted molar refractivity (Wildman–Crippen MR) is 22.9 cm³/mol. The minimum Gasteiger partial charge on any atom is -0.759 e.